The minimum Gasteiger partial charge on any atom is -0.388 e. The number of nitrogens with zero attached hydrogens (tertiary/aromatic N) is 1. The fourth-order valence-electron chi connectivity index (χ4n) is 2.18. The van der Waals surface area contributed by atoms with Gasteiger partial charge in [-0.3, -0.25) is 0 Å². The third kappa shape index (κ3) is 6.29. The van der Waals surface area contributed by atoms with Crippen LogP contribution in [0.1, 0.15) is 40.5 Å². The molecule has 0 aliphatic rings. The maximum Gasteiger partial charge on any atom is 0.147 e. The number of aliphatic hydroxyl groups is 1. The van der Waals surface area contributed by atoms with Crippen LogP contribution in [0.2, 0.25) is 10.0 Å². The van der Waals surface area contributed by atoms with Gasteiger partial charge in [0.2, 0.25) is 0 Å². The molecule has 1 aromatic rings. The number of pyridine rings is 1. The monoisotopic (exact) mass is 333 g/mol. The minimum atomic E-state index is -0.810. The van der Waals surface area contributed by atoms with Gasteiger partial charge in [-0.2, -0.15) is 0 Å². The molecule has 0 spiro atoms. The highest BCUT2D eigenvalue weighted by Gasteiger charge is 2.22. The summed E-state index contributed by atoms with van der Waals surface area (Å²) >= 11 is 12.3. The van der Waals surface area contributed by atoms with Gasteiger partial charge in [0.25, 0.3) is 0 Å². The first-order valence-corrected chi connectivity index (χ1v) is 8.07. The highest BCUT2D eigenvalue weighted by atomic mass is 35.5. The van der Waals surface area contributed by atoms with E-state index in [9.17, 15) is 5.11 Å². The number of nitrogens with one attached hydrogen (secondary N) is 2. The SMILES string of the molecule is CCCNc1nc(NCC(C)(O)CC(C)C)c(Cl)cc1Cl. The summed E-state index contributed by atoms with van der Waals surface area (Å²) in [6.07, 6.45) is 1.68. The molecule has 0 saturated carbocycles. The molecule has 1 aromatic heterocycles. The van der Waals surface area contributed by atoms with Gasteiger partial charge in [-0.15, -0.1) is 0 Å². The Morgan fingerprint density at radius 1 is 1.24 bits per heavy atom. The molecule has 0 aromatic carbocycles. The van der Waals surface area contributed by atoms with Crippen LogP contribution < -0.4 is 10.6 Å². The van der Waals surface area contributed by atoms with Crippen LogP contribution in [0.15, 0.2) is 6.07 Å². The number of hydrogen-bond donors (Lipinski definition) is 3. The quantitative estimate of drug-likeness (QED) is 0.659. The van der Waals surface area contributed by atoms with E-state index in [0.717, 1.165) is 13.0 Å². The summed E-state index contributed by atoms with van der Waals surface area (Å²) in [5.74, 6) is 1.55. The van der Waals surface area contributed by atoms with Crippen LogP contribution in [0.5, 0.6) is 0 Å². The van der Waals surface area contributed by atoms with Crippen molar-refractivity contribution in [1.29, 1.82) is 0 Å². The van der Waals surface area contributed by atoms with E-state index in [-0.39, 0.29) is 0 Å². The Hall–Kier alpha value is -0.710. The molecule has 0 saturated heterocycles. The van der Waals surface area contributed by atoms with Crippen molar-refractivity contribution in [2.75, 3.05) is 23.7 Å². The lowest BCUT2D eigenvalue weighted by molar-refractivity contribution is 0.0515. The molecule has 3 N–H and O–H groups in total. The van der Waals surface area contributed by atoms with Gasteiger partial charge < -0.3 is 15.7 Å². The fourth-order valence-corrected chi connectivity index (χ4v) is 2.68. The Morgan fingerprint density at radius 2 is 1.81 bits per heavy atom. The summed E-state index contributed by atoms with van der Waals surface area (Å²) < 4.78 is 0. The van der Waals surface area contributed by atoms with E-state index in [2.05, 4.69) is 36.4 Å². The molecule has 0 radical (unpaired) electrons. The zero-order chi connectivity index (χ0) is 16.0. The molecule has 0 fully saturated rings. The third-order valence-corrected chi connectivity index (χ3v) is 3.53. The van der Waals surface area contributed by atoms with Gasteiger partial charge in [-0.1, -0.05) is 44.0 Å². The summed E-state index contributed by atoms with van der Waals surface area (Å²) in [6.45, 7) is 9.20. The van der Waals surface area contributed by atoms with Crippen molar-refractivity contribution < 1.29 is 5.11 Å². The highest BCUT2D eigenvalue weighted by molar-refractivity contribution is 6.37. The molecule has 21 heavy (non-hydrogen) atoms. The second kappa shape index (κ2) is 8.06. The smallest absolute Gasteiger partial charge is 0.147 e. The molecule has 1 rings (SSSR count). The summed E-state index contributed by atoms with van der Waals surface area (Å²) in [5, 5.41) is 17.5. The number of hydrogen-bond acceptors (Lipinski definition) is 4. The first kappa shape index (κ1) is 18.3. The standard InChI is InChI=1S/C15H25Cl2N3O/c1-5-6-18-13-11(16)7-12(17)14(20-13)19-9-15(4,21)8-10(2)3/h7,10,21H,5-6,8-9H2,1-4H3,(H2,18,19,20). The van der Waals surface area contributed by atoms with Gasteiger partial charge in [0, 0.05) is 13.1 Å². The minimum absolute atomic E-state index is 0.382. The normalized spacial score (nSPS) is 14.1. The maximum atomic E-state index is 10.3. The third-order valence-electron chi connectivity index (χ3n) is 2.96. The molecular weight excluding hydrogens is 309 g/mol. The van der Waals surface area contributed by atoms with Crippen molar-refractivity contribution >= 4 is 34.8 Å². The summed E-state index contributed by atoms with van der Waals surface area (Å²) in [7, 11) is 0. The molecule has 6 heteroatoms. The fraction of sp³-hybridized carbons (Fsp3) is 0.667. The van der Waals surface area contributed by atoms with Crippen LogP contribution in [-0.4, -0.2) is 28.8 Å². The van der Waals surface area contributed by atoms with Crippen LogP contribution in [-0.2, 0) is 0 Å². The second-order valence-corrected chi connectivity index (χ2v) is 6.84. The van der Waals surface area contributed by atoms with E-state index in [0.29, 0.717) is 40.6 Å². The Morgan fingerprint density at radius 3 is 2.33 bits per heavy atom. The largest absolute Gasteiger partial charge is 0.388 e. The summed E-state index contributed by atoms with van der Waals surface area (Å²) in [4.78, 5) is 4.39. The van der Waals surface area contributed by atoms with Crippen LogP contribution >= 0.6 is 23.2 Å². The number of halogens is 2. The van der Waals surface area contributed by atoms with Crippen molar-refractivity contribution in [3.8, 4) is 0 Å². The topological polar surface area (TPSA) is 57.2 Å². The summed E-state index contributed by atoms with van der Waals surface area (Å²) in [5.41, 5.74) is -0.810. The molecule has 120 valence electrons. The molecule has 1 unspecified atom stereocenters. The Balaban J connectivity index is 2.78. The first-order valence-electron chi connectivity index (χ1n) is 7.31. The van der Waals surface area contributed by atoms with Crippen LogP contribution in [0.4, 0.5) is 11.6 Å². The van der Waals surface area contributed by atoms with Crippen LogP contribution in [0.25, 0.3) is 0 Å². The number of anilines is 2. The van der Waals surface area contributed by atoms with E-state index in [1.54, 1.807) is 13.0 Å². The zero-order valence-electron chi connectivity index (χ0n) is 13.1. The molecule has 0 bridgehead atoms. The molecule has 4 nitrogen and oxygen atoms in total. The Bertz CT molecular complexity index is 464. The molecule has 0 aliphatic carbocycles. The summed E-state index contributed by atoms with van der Waals surface area (Å²) in [6, 6.07) is 1.66. The van der Waals surface area contributed by atoms with Crippen LogP contribution in [0.3, 0.4) is 0 Å². The number of rotatable bonds is 8. The lowest BCUT2D eigenvalue weighted by atomic mass is 9.94. The van der Waals surface area contributed by atoms with E-state index in [1.165, 1.54) is 0 Å². The number of aromatic nitrogens is 1. The average Bonchev–Trinajstić information content (AvgIpc) is 2.35. The van der Waals surface area contributed by atoms with E-state index in [1.807, 2.05) is 0 Å². The van der Waals surface area contributed by atoms with Crippen molar-refractivity contribution in [1.82, 2.24) is 4.98 Å². The first-order chi connectivity index (χ1) is 9.75. The predicted molar refractivity (Wildman–Crippen MR) is 91.6 cm³/mol. The van der Waals surface area contributed by atoms with Gasteiger partial charge in [0.15, 0.2) is 0 Å². The van der Waals surface area contributed by atoms with Gasteiger partial charge >= 0.3 is 0 Å². The van der Waals surface area contributed by atoms with E-state index in [4.69, 9.17) is 23.2 Å². The molecule has 1 heterocycles. The van der Waals surface area contributed by atoms with Gasteiger partial charge in [0.05, 0.1) is 15.6 Å². The lowest BCUT2D eigenvalue weighted by Crippen LogP contribution is -2.35. The predicted octanol–water partition coefficient (Wildman–Crippen LogP) is 4.42. The maximum absolute atomic E-state index is 10.3. The van der Waals surface area contributed by atoms with Crippen molar-refractivity contribution in [3.63, 3.8) is 0 Å². The molecule has 1 atom stereocenters. The molecular formula is C15H25Cl2N3O. The van der Waals surface area contributed by atoms with Crippen LogP contribution in [0, 0.1) is 5.92 Å². The van der Waals surface area contributed by atoms with E-state index < -0.39 is 5.60 Å². The average molecular weight is 334 g/mol. The van der Waals surface area contributed by atoms with Gasteiger partial charge in [-0.25, -0.2) is 4.98 Å². The molecule has 0 amide bonds. The zero-order valence-corrected chi connectivity index (χ0v) is 14.6. The highest BCUT2D eigenvalue weighted by Crippen LogP contribution is 2.29. The lowest BCUT2D eigenvalue weighted by Gasteiger charge is -2.26. The Kier molecular flexibility index (Phi) is 7.04. The van der Waals surface area contributed by atoms with Gasteiger partial charge in [0.1, 0.15) is 11.6 Å². The van der Waals surface area contributed by atoms with E-state index >= 15 is 0 Å². The van der Waals surface area contributed by atoms with Gasteiger partial charge in [-0.05, 0) is 31.7 Å². The molecule has 0 aliphatic heterocycles. The second-order valence-electron chi connectivity index (χ2n) is 6.02. The Labute approximate surface area is 137 Å². The van der Waals surface area contributed by atoms with Crippen molar-refractivity contribution in [2.45, 2.75) is 46.1 Å². The van der Waals surface area contributed by atoms with Crippen molar-refractivity contribution in [3.05, 3.63) is 16.1 Å². The van der Waals surface area contributed by atoms with Crippen molar-refractivity contribution in [2.24, 2.45) is 5.92 Å².